The fraction of sp³-hybridized carbons (Fsp3) is 0.318. The number of likely N-dealkylation sites (tertiary alicyclic amines) is 1. The van der Waals surface area contributed by atoms with Crippen molar-refractivity contribution in [2.75, 3.05) is 27.3 Å². The molecule has 5 rings (SSSR count). The Hall–Kier alpha value is -3.33. The molecule has 0 spiro atoms. The lowest BCUT2D eigenvalue weighted by molar-refractivity contribution is 0.0712. The van der Waals surface area contributed by atoms with E-state index in [9.17, 15) is 4.79 Å². The van der Waals surface area contributed by atoms with Gasteiger partial charge in [0.1, 0.15) is 11.8 Å². The van der Waals surface area contributed by atoms with Crippen LogP contribution in [0.15, 0.2) is 36.1 Å². The summed E-state index contributed by atoms with van der Waals surface area (Å²) in [4.78, 5) is 32.7. The summed E-state index contributed by atoms with van der Waals surface area (Å²) in [6, 6.07) is 7.52. The maximum Gasteiger partial charge on any atom is 0.257 e. The molecule has 0 unspecified atom stereocenters. The van der Waals surface area contributed by atoms with Crippen LogP contribution in [0.3, 0.4) is 0 Å². The van der Waals surface area contributed by atoms with Gasteiger partial charge in [0.2, 0.25) is 0 Å². The first-order valence-electron chi connectivity index (χ1n) is 10.0. The molecule has 8 nitrogen and oxygen atoms in total. The third-order valence-corrected chi connectivity index (χ3v) is 6.52. The molecular weight excluding hydrogens is 414 g/mol. The summed E-state index contributed by atoms with van der Waals surface area (Å²) in [5, 5.41) is 0. The van der Waals surface area contributed by atoms with Gasteiger partial charge in [0.25, 0.3) is 11.8 Å². The van der Waals surface area contributed by atoms with Crippen molar-refractivity contribution in [2.24, 2.45) is 0 Å². The minimum atomic E-state index is 0.0610. The number of fused-ring (bicyclic) bond motifs is 2. The zero-order valence-corrected chi connectivity index (χ0v) is 18.1. The van der Waals surface area contributed by atoms with Crippen molar-refractivity contribution in [2.45, 2.75) is 18.8 Å². The van der Waals surface area contributed by atoms with Gasteiger partial charge >= 0.3 is 0 Å². The summed E-state index contributed by atoms with van der Waals surface area (Å²) in [6.45, 7) is 1.34. The number of nitrogens with zero attached hydrogens (tertiary/aromatic N) is 5. The topological polar surface area (TPSA) is 90.3 Å². The summed E-state index contributed by atoms with van der Waals surface area (Å²) in [5.41, 5.74) is 5.77. The van der Waals surface area contributed by atoms with Gasteiger partial charge in [0.05, 0.1) is 41.2 Å². The first-order chi connectivity index (χ1) is 15.2. The molecule has 1 aromatic carbocycles. The fourth-order valence-electron chi connectivity index (χ4n) is 4.09. The highest BCUT2D eigenvalue weighted by molar-refractivity contribution is 7.16. The molecule has 1 fully saturated rings. The predicted octanol–water partition coefficient (Wildman–Crippen LogP) is 3.67. The summed E-state index contributed by atoms with van der Waals surface area (Å²) >= 11 is 1.55. The molecule has 9 heteroatoms. The molecule has 4 aromatic rings. The maximum absolute atomic E-state index is 13.0. The van der Waals surface area contributed by atoms with Gasteiger partial charge in [-0.05, 0) is 31.0 Å². The number of hydrogen-bond donors (Lipinski definition) is 0. The smallest absolute Gasteiger partial charge is 0.257 e. The highest BCUT2D eigenvalue weighted by Crippen LogP contribution is 2.34. The van der Waals surface area contributed by atoms with E-state index in [0.717, 1.165) is 39.8 Å². The molecule has 0 bridgehead atoms. The number of methoxy groups -OCH3 is 2. The molecule has 1 amide bonds. The summed E-state index contributed by atoms with van der Waals surface area (Å²) in [5.74, 6) is 1.21. The number of amides is 1. The van der Waals surface area contributed by atoms with Crippen molar-refractivity contribution in [3.8, 4) is 11.6 Å². The fourth-order valence-corrected chi connectivity index (χ4v) is 4.80. The number of thiazole rings is 1. The van der Waals surface area contributed by atoms with E-state index in [-0.39, 0.29) is 11.8 Å². The van der Waals surface area contributed by atoms with E-state index in [4.69, 9.17) is 9.47 Å². The second kappa shape index (κ2) is 8.07. The van der Waals surface area contributed by atoms with E-state index in [1.54, 1.807) is 37.4 Å². The first-order valence-corrected chi connectivity index (χ1v) is 10.9. The number of ether oxygens (including phenoxy) is 2. The Bertz CT molecular complexity index is 1270. The molecule has 158 valence electrons. The quantitative estimate of drug-likeness (QED) is 0.483. The second-order valence-electron chi connectivity index (χ2n) is 7.43. The molecule has 31 heavy (non-hydrogen) atoms. The minimum absolute atomic E-state index is 0.0610. The lowest BCUT2D eigenvalue weighted by Gasteiger charge is -2.32. The van der Waals surface area contributed by atoms with Crippen molar-refractivity contribution < 1.29 is 14.3 Å². The van der Waals surface area contributed by atoms with Crippen LogP contribution in [0.5, 0.6) is 11.6 Å². The van der Waals surface area contributed by atoms with Gasteiger partial charge in [-0.1, -0.05) is 0 Å². The average molecular weight is 436 g/mol. The van der Waals surface area contributed by atoms with E-state index < -0.39 is 0 Å². The van der Waals surface area contributed by atoms with E-state index in [1.807, 2.05) is 29.2 Å². The van der Waals surface area contributed by atoms with Crippen molar-refractivity contribution in [3.63, 3.8) is 0 Å². The number of hydrogen-bond acceptors (Lipinski definition) is 8. The largest absolute Gasteiger partial charge is 0.491 e. The maximum atomic E-state index is 13.0. The van der Waals surface area contributed by atoms with Crippen molar-refractivity contribution in [1.82, 2.24) is 24.8 Å². The Labute approximate surface area is 182 Å². The number of aromatic nitrogens is 4. The van der Waals surface area contributed by atoms with Gasteiger partial charge in [0, 0.05) is 30.6 Å². The third kappa shape index (κ3) is 3.54. The summed E-state index contributed by atoms with van der Waals surface area (Å²) < 4.78 is 11.7. The Balaban J connectivity index is 1.36. The number of benzene rings is 1. The lowest BCUT2D eigenvalue weighted by Crippen LogP contribution is -2.38. The van der Waals surface area contributed by atoms with Crippen LogP contribution in [0, 0.1) is 0 Å². The second-order valence-corrected chi connectivity index (χ2v) is 8.31. The average Bonchev–Trinajstić information content (AvgIpc) is 3.30. The molecule has 1 aliphatic rings. The summed E-state index contributed by atoms with van der Waals surface area (Å²) in [6.07, 6.45) is 3.19. The van der Waals surface area contributed by atoms with Crippen LogP contribution in [0.4, 0.5) is 0 Å². The molecule has 0 N–H and O–H groups in total. The first kappa shape index (κ1) is 19.6. The molecule has 1 aliphatic heterocycles. The normalized spacial score (nSPS) is 14.8. The Morgan fingerprint density at radius 3 is 2.68 bits per heavy atom. The number of rotatable bonds is 4. The third-order valence-electron chi connectivity index (χ3n) is 5.73. The minimum Gasteiger partial charge on any atom is -0.491 e. The number of carbonyl (C=O) groups excluding carboxylic acids is 1. The van der Waals surface area contributed by atoms with Gasteiger partial charge in [-0.3, -0.25) is 4.79 Å². The van der Waals surface area contributed by atoms with E-state index in [2.05, 4.69) is 19.9 Å². The zero-order chi connectivity index (χ0) is 21.4. The van der Waals surface area contributed by atoms with Crippen molar-refractivity contribution in [3.05, 3.63) is 47.4 Å². The Morgan fingerprint density at radius 2 is 1.90 bits per heavy atom. The SMILES string of the molecule is COc1cc2ncnc(C3CCN(C(=O)c4ccc5ncsc5c4)CC3)c2nc1OC. The van der Waals surface area contributed by atoms with E-state index in [0.29, 0.717) is 30.3 Å². The van der Waals surface area contributed by atoms with Gasteiger partial charge < -0.3 is 14.4 Å². The molecule has 0 aliphatic carbocycles. The van der Waals surface area contributed by atoms with Crippen molar-refractivity contribution in [1.29, 1.82) is 0 Å². The van der Waals surface area contributed by atoms with E-state index >= 15 is 0 Å². The van der Waals surface area contributed by atoms with Crippen molar-refractivity contribution >= 4 is 38.5 Å². The lowest BCUT2D eigenvalue weighted by atomic mass is 9.92. The van der Waals surface area contributed by atoms with Crippen LogP contribution < -0.4 is 9.47 Å². The Morgan fingerprint density at radius 1 is 1.06 bits per heavy atom. The van der Waals surface area contributed by atoms with Crippen LogP contribution in [0.1, 0.15) is 34.8 Å². The van der Waals surface area contributed by atoms with Crippen LogP contribution in [0.25, 0.3) is 21.3 Å². The van der Waals surface area contributed by atoms with Gasteiger partial charge in [-0.2, -0.15) is 0 Å². The highest BCUT2D eigenvalue weighted by Gasteiger charge is 2.27. The predicted molar refractivity (Wildman–Crippen MR) is 118 cm³/mol. The molecule has 0 atom stereocenters. The molecule has 4 heterocycles. The standard InChI is InChI=1S/C22H21N5O3S/c1-29-17-10-16-20(26-21(17)30-2)19(24-11-23-16)13-5-7-27(8-6-13)22(28)14-3-4-15-18(9-14)31-12-25-15/h3-4,9-13H,5-8H2,1-2H3. The van der Waals surface area contributed by atoms with Crippen LogP contribution in [-0.4, -0.2) is 58.1 Å². The van der Waals surface area contributed by atoms with Crippen LogP contribution in [0.2, 0.25) is 0 Å². The van der Waals surface area contributed by atoms with E-state index in [1.165, 1.54) is 0 Å². The van der Waals surface area contributed by atoms with Crippen LogP contribution in [-0.2, 0) is 0 Å². The number of piperidine rings is 1. The monoisotopic (exact) mass is 435 g/mol. The highest BCUT2D eigenvalue weighted by atomic mass is 32.1. The molecule has 0 radical (unpaired) electrons. The molecular formula is C22H21N5O3S. The van der Waals surface area contributed by atoms with Crippen LogP contribution >= 0.6 is 11.3 Å². The number of carbonyl (C=O) groups is 1. The van der Waals surface area contributed by atoms with Gasteiger partial charge in [-0.15, -0.1) is 11.3 Å². The zero-order valence-electron chi connectivity index (χ0n) is 17.2. The molecule has 1 saturated heterocycles. The Kier molecular flexibility index (Phi) is 5.11. The number of pyridine rings is 1. The summed E-state index contributed by atoms with van der Waals surface area (Å²) in [7, 11) is 3.14. The van der Waals surface area contributed by atoms with Gasteiger partial charge in [-0.25, -0.2) is 19.9 Å². The molecule has 0 saturated carbocycles. The molecule has 3 aromatic heterocycles. The van der Waals surface area contributed by atoms with Gasteiger partial charge in [0.15, 0.2) is 5.75 Å².